The third kappa shape index (κ3) is 2.40. The Morgan fingerprint density at radius 3 is 3.00 bits per heavy atom. The molecule has 1 saturated heterocycles. The molecule has 1 aromatic rings. The lowest BCUT2D eigenvalue weighted by Crippen LogP contribution is -2.48. The summed E-state index contributed by atoms with van der Waals surface area (Å²) in [5.41, 5.74) is 5.18. The molecule has 1 aromatic heterocycles. The number of hydrogen-bond acceptors (Lipinski definition) is 5. The third-order valence-electron chi connectivity index (χ3n) is 2.33. The predicted molar refractivity (Wildman–Crippen MR) is 58.2 cm³/mol. The second-order valence-corrected chi connectivity index (χ2v) is 3.81. The number of aromatic nitrogens is 2. The van der Waals surface area contributed by atoms with Crippen molar-refractivity contribution in [2.45, 2.75) is 6.10 Å². The molecule has 1 atom stereocenters. The van der Waals surface area contributed by atoms with Crippen molar-refractivity contribution >= 4 is 23.3 Å². The Morgan fingerprint density at radius 1 is 1.56 bits per heavy atom. The van der Waals surface area contributed by atoms with Gasteiger partial charge in [-0.3, -0.25) is 4.79 Å². The molecular weight excluding hydrogens is 232 g/mol. The summed E-state index contributed by atoms with van der Waals surface area (Å²) in [6.07, 6.45) is -0.591. The first kappa shape index (κ1) is 11.1. The second-order valence-electron chi connectivity index (χ2n) is 3.42. The monoisotopic (exact) mass is 242 g/mol. The number of halogens is 1. The molecule has 0 unspecified atom stereocenters. The maximum absolute atomic E-state index is 11.0. The summed E-state index contributed by atoms with van der Waals surface area (Å²) >= 11 is 5.64. The number of rotatable bonds is 2. The van der Waals surface area contributed by atoms with E-state index in [0.29, 0.717) is 30.7 Å². The van der Waals surface area contributed by atoms with Gasteiger partial charge >= 0.3 is 0 Å². The van der Waals surface area contributed by atoms with Gasteiger partial charge in [-0.2, -0.15) is 0 Å². The molecule has 0 spiro atoms. The Morgan fingerprint density at radius 2 is 2.38 bits per heavy atom. The second kappa shape index (κ2) is 4.63. The van der Waals surface area contributed by atoms with E-state index in [1.807, 2.05) is 4.90 Å². The highest BCUT2D eigenvalue weighted by Gasteiger charge is 2.25. The van der Waals surface area contributed by atoms with Crippen LogP contribution in [0.15, 0.2) is 12.1 Å². The van der Waals surface area contributed by atoms with E-state index in [1.54, 1.807) is 12.1 Å². The van der Waals surface area contributed by atoms with Crippen molar-refractivity contribution in [3.8, 4) is 0 Å². The van der Waals surface area contributed by atoms with Crippen LogP contribution in [0.4, 0.5) is 5.82 Å². The number of carbonyl (C=O) groups excluding carboxylic acids is 1. The van der Waals surface area contributed by atoms with Crippen LogP contribution in [-0.4, -0.2) is 41.9 Å². The Kier molecular flexibility index (Phi) is 3.21. The minimum absolute atomic E-state index is 0.337. The quantitative estimate of drug-likeness (QED) is 0.778. The lowest BCUT2D eigenvalue weighted by atomic mass is 10.2. The van der Waals surface area contributed by atoms with Crippen molar-refractivity contribution in [2.24, 2.45) is 5.73 Å². The first-order chi connectivity index (χ1) is 7.66. The Hall–Kier alpha value is -1.40. The first-order valence-corrected chi connectivity index (χ1v) is 5.20. The molecule has 6 nitrogen and oxygen atoms in total. The molecule has 0 aliphatic carbocycles. The largest absolute Gasteiger partial charge is 0.367 e. The van der Waals surface area contributed by atoms with Crippen LogP contribution in [-0.2, 0) is 9.53 Å². The van der Waals surface area contributed by atoms with E-state index < -0.39 is 12.0 Å². The van der Waals surface area contributed by atoms with Gasteiger partial charge in [0.1, 0.15) is 0 Å². The number of nitrogens with two attached hydrogens (primary N) is 1. The summed E-state index contributed by atoms with van der Waals surface area (Å²) in [6, 6.07) is 3.40. The van der Waals surface area contributed by atoms with Crippen molar-refractivity contribution in [1.82, 2.24) is 10.2 Å². The highest BCUT2D eigenvalue weighted by Crippen LogP contribution is 2.15. The molecule has 86 valence electrons. The number of morpholine rings is 1. The van der Waals surface area contributed by atoms with Gasteiger partial charge in [0.05, 0.1) is 13.2 Å². The molecule has 0 aromatic carbocycles. The van der Waals surface area contributed by atoms with Crippen LogP contribution in [0, 0.1) is 0 Å². The van der Waals surface area contributed by atoms with Crippen LogP contribution >= 0.6 is 11.6 Å². The van der Waals surface area contributed by atoms with Gasteiger partial charge in [-0.1, -0.05) is 11.6 Å². The van der Waals surface area contributed by atoms with Crippen molar-refractivity contribution in [3.05, 3.63) is 17.3 Å². The van der Waals surface area contributed by atoms with Gasteiger partial charge < -0.3 is 15.4 Å². The molecule has 16 heavy (non-hydrogen) atoms. The number of anilines is 1. The van der Waals surface area contributed by atoms with Crippen LogP contribution in [0.5, 0.6) is 0 Å². The fourth-order valence-corrected chi connectivity index (χ4v) is 1.61. The lowest BCUT2D eigenvalue weighted by Gasteiger charge is -2.31. The molecule has 1 fully saturated rings. The zero-order valence-corrected chi connectivity index (χ0v) is 9.22. The number of carbonyl (C=O) groups is 1. The molecule has 0 radical (unpaired) electrons. The molecule has 1 amide bonds. The standard InChI is InChI=1S/C9H11ClN4O2/c10-7-1-2-8(13-12-7)14-3-4-16-6(5-14)9(11)15/h1-2,6H,3-5H2,(H2,11,15)/t6-/m0/s1. The van der Waals surface area contributed by atoms with Gasteiger partial charge in [0.15, 0.2) is 17.1 Å². The van der Waals surface area contributed by atoms with Crippen LogP contribution in [0.3, 0.4) is 0 Å². The molecule has 1 aliphatic rings. The van der Waals surface area contributed by atoms with Crippen LogP contribution in [0.25, 0.3) is 0 Å². The van der Waals surface area contributed by atoms with E-state index in [2.05, 4.69) is 10.2 Å². The minimum Gasteiger partial charge on any atom is -0.367 e. The zero-order valence-electron chi connectivity index (χ0n) is 8.47. The van der Waals surface area contributed by atoms with Crippen molar-refractivity contribution in [1.29, 1.82) is 0 Å². The summed E-state index contributed by atoms with van der Waals surface area (Å²) < 4.78 is 5.22. The van der Waals surface area contributed by atoms with Gasteiger partial charge in [-0.25, -0.2) is 0 Å². The zero-order chi connectivity index (χ0) is 11.5. The van der Waals surface area contributed by atoms with E-state index in [9.17, 15) is 4.79 Å². The summed E-state index contributed by atoms with van der Waals surface area (Å²) in [5.74, 6) is 0.200. The summed E-state index contributed by atoms with van der Waals surface area (Å²) in [6.45, 7) is 1.49. The average molecular weight is 243 g/mol. The van der Waals surface area contributed by atoms with Crippen LogP contribution in [0.1, 0.15) is 0 Å². The van der Waals surface area contributed by atoms with Crippen LogP contribution in [0.2, 0.25) is 5.15 Å². The van der Waals surface area contributed by atoms with E-state index in [0.717, 1.165) is 0 Å². The molecule has 0 saturated carbocycles. The predicted octanol–water partition coefficient (Wildman–Crippen LogP) is -0.180. The maximum Gasteiger partial charge on any atom is 0.248 e. The van der Waals surface area contributed by atoms with Gasteiger partial charge in [-0.05, 0) is 12.1 Å². The van der Waals surface area contributed by atoms with Gasteiger partial charge in [0, 0.05) is 6.54 Å². The van der Waals surface area contributed by atoms with E-state index in [4.69, 9.17) is 22.1 Å². The first-order valence-electron chi connectivity index (χ1n) is 4.82. The fraction of sp³-hybridized carbons (Fsp3) is 0.444. The van der Waals surface area contributed by atoms with Gasteiger partial charge in [0.2, 0.25) is 5.91 Å². The van der Waals surface area contributed by atoms with Gasteiger partial charge in [-0.15, -0.1) is 10.2 Å². The van der Waals surface area contributed by atoms with Gasteiger partial charge in [0.25, 0.3) is 0 Å². The normalized spacial score (nSPS) is 20.8. The SMILES string of the molecule is NC(=O)[C@@H]1CN(c2ccc(Cl)nn2)CCO1. The molecule has 7 heteroatoms. The van der Waals surface area contributed by atoms with Crippen molar-refractivity contribution in [2.75, 3.05) is 24.6 Å². The average Bonchev–Trinajstić information content (AvgIpc) is 2.30. The highest BCUT2D eigenvalue weighted by molar-refractivity contribution is 6.29. The smallest absolute Gasteiger partial charge is 0.248 e. The highest BCUT2D eigenvalue weighted by atomic mass is 35.5. The molecule has 2 heterocycles. The third-order valence-corrected chi connectivity index (χ3v) is 2.53. The molecule has 2 rings (SSSR count). The Labute approximate surface area is 97.3 Å². The van der Waals surface area contributed by atoms with Crippen molar-refractivity contribution < 1.29 is 9.53 Å². The lowest BCUT2D eigenvalue weighted by molar-refractivity contribution is -0.130. The molecule has 0 bridgehead atoms. The molecule has 1 aliphatic heterocycles. The Bertz CT molecular complexity index is 384. The molecular formula is C9H11ClN4O2. The van der Waals surface area contributed by atoms with E-state index in [-0.39, 0.29) is 0 Å². The summed E-state index contributed by atoms with van der Waals surface area (Å²) in [5, 5.41) is 8.01. The van der Waals surface area contributed by atoms with E-state index in [1.165, 1.54) is 0 Å². The summed E-state index contributed by atoms with van der Waals surface area (Å²) in [7, 11) is 0. The number of hydrogen-bond donors (Lipinski definition) is 1. The van der Waals surface area contributed by atoms with Crippen molar-refractivity contribution in [3.63, 3.8) is 0 Å². The fourth-order valence-electron chi connectivity index (χ4n) is 1.51. The number of primary amides is 1. The minimum atomic E-state index is -0.591. The number of nitrogens with zero attached hydrogens (tertiary/aromatic N) is 3. The topological polar surface area (TPSA) is 81.3 Å². The summed E-state index contributed by atoms with van der Waals surface area (Å²) in [4.78, 5) is 12.9. The molecule has 2 N–H and O–H groups in total. The maximum atomic E-state index is 11.0. The van der Waals surface area contributed by atoms with Crippen LogP contribution < -0.4 is 10.6 Å². The van der Waals surface area contributed by atoms with E-state index >= 15 is 0 Å². The number of amides is 1. The number of ether oxygens (including phenoxy) is 1. The Balaban J connectivity index is 2.09.